The molecule has 0 aliphatic rings. The number of nitrogens with zero attached hydrogens (tertiary/aromatic N) is 1. The summed E-state index contributed by atoms with van der Waals surface area (Å²) in [4.78, 5) is 29.4. The predicted molar refractivity (Wildman–Crippen MR) is 112 cm³/mol. The molecule has 0 fully saturated rings. The summed E-state index contributed by atoms with van der Waals surface area (Å²) < 4.78 is 0. The van der Waals surface area contributed by atoms with Crippen LogP contribution in [0.15, 0.2) is 22.5 Å². The average Bonchev–Trinajstić information content (AvgIpc) is 3.17. The van der Waals surface area contributed by atoms with E-state index in [0.717, 1.165) is 0 Å². The molecule has 0 unspecified atom stereocenters. The number of nitrogens with one attached hydrogen (secondary N) is 3. The number of amides is 2. The van der Waals surface area contributed by atoms with Gasteiger partial charge in [0.05, 0.1) is 10.8 Å². The zero-order chi connectivity index (χ0) is 21.1. The van der Waals surface area contributed by atoms with E-state index in [4.69, 9.17) is 5.73 Å². The highest BCUT2D eigenvalue weighted by molar-refractivity contribution is 7.12. The Hall–Kier alpha value is -2.11. The van der Waals surface area contributed by atoms with Crippen LogP contribution in [0.3, 0.4) is 0 Å². The molecule has 11 heteroatoms. The number of thiophene rings is 1. The third-order valence-electron chi connectivity index (χ3n) is 4.00. The van der Waals surface area contributed by atoms with Gasteiger partial charge in [-0.1, -0.05) is 19.9 Å². The molecule has 1 heterocycles. The van der Waals surface area contributed by atoms with Crippen molar-refractivity contribution in [1.82, 2.24) is 16.0 Å². The van der Waals surface area contributed by atoms with Gasteiger partial charge in [0.25, 0.3) is 5.91 Å². The Balaban J connectivity index is 2.76. The molecule has 1 aromatic heterocycles. The summed E-state index contributed by atoms with van der Waals surface area (Å²) in [6, 6.07) is 2.62. The van der Waals surface area contributed by atoms with Crippen LogP contribution in [0, 0.1) is 5.92 Å². The molecule has 1 aromatic rings. The molecule has 0 spiro atoms. The maximum atomic E-state index is 12.7. The van der Waals surface area contributed by atoms with Crippen molar-refractivity contribution in [3.8, 4) is 0 Å². The maximum absolute atomic E-state index is 12.7. The third-order valence-corrected chi connectivity index (χ3v) is 4.86. The molecular weight excluding hydrogens is 381 g/mol. The smallest absolute Gasteiger partial charge is 0.426 e. The fraction of sp³-hybridized carbons (Fsp3) is 0.588. The van der Waals surface area contributed by atoms with Gasteiger partial charge < -0.3 is 31.7 Å². The van der Waals surface area contributed by atoms with E-state index in [-0.39, 0.29) is 11.8 Å². The molecular formula is C17H30BN5O4S. The lowest BCUT2D eigenvalue weighted by molar-refractivity contribution is -0.123. The van der Waals surface area contributed by atoms with E-state index in [0.29, 0.717) is 36.6 Å². The summed E-state index contributed by atoms with van der Waals surface area (Å²) in [6.07, 6.45) is 1.30. The van der Waals surface area contributed by atoms with Crippen LogP contribution in [0.4, 0.5) is 0 Å². The molecule has 0 aliphatic heterocycles. The molecule has 0 bridgehead atoms. The van der Waals surface area contributed by atoms with Crippen LogP contribution >= 0.6 is 11.3 Å². The van der Waals surface area contributed by atoms with Crippen molar-refractivity contribution < 1.29 is 19.6 Å². The Labute approximate surface area is 170 Å². The maximum Gasteiger partial charge on any atom is 0.475 e. The lowest BCUT2D eigenvalue weighted by Crippen LogP contribution is -2.54. The summed E-state index contributed by atoms with van der Waals surface area (Å²) in [7, 11) is -0.114. The topological polar surface area (TPSA) is 149 Å². The Morgan fingerprint density at radius 3 is 2.57 bits per heavy atom. The standard InChI is InChI=1S/C17H30BN5O4S/c1-11(2)10-14(18(26)27)23-15(24)12(6-4-8-21-17(19)20-3)22-16(25)13-7-5-9-28-13/h5,7,9,11-12,14,26-27H,4,6,8,10H2,1-3H3,(H,22,25)(H,23,24)(H3,19,20,21)/t12-,14-/m0/s1. The number of hydrogen-bond donors (Lipinski definition) is 6. The van der Waals surface area contributed by atoms with E-state index in [1.807, 2.05) is 13.8 Å². The quantitative estimate of drug-likeness (QED) is 0.127. The zero-order valence-corrected chi connectivity index (χ0v) is 17.3. The van der Waals surface area contributed by atoms with Crippen molar-refractivity contribution in [1.29, 1.82) is 0 Å². The molecule has 2 atom stereocenters. The van der Waals surface area contributed by atoms with Crippen molar-refractivity contribution in [3.63, 3.8) is 0 Å². The van der Waals surface area contributed by atoms with E-state index in [9.17, 15) is 19.6 Å². The Bertz CT molecular complexity index is 640. The summed E-state index contributed by atoms with van der Waals surface area (Å²) in [5.74, 6) is -1.16. The van der Waals surface area contributed by atoms with Gasteiger partial charge in [0.1, 0.15) is 6.04 Å². The molecule has 1 rings (SSSR count). The first-order chi connectivity index (χ1) is 13.2. The van der Waals surface area contributed by atoms with Gasteiger partial charge in [-0.05, 0) is 36.6 Å². The number of carbonyl (C=O) groups excluding carboxylic acids is 2. The van der Waals surface area contributed by atoms with E-state index in [1.54, 1.807) is 24.6 Å². The van der Waals surface area contributed by atoms with E-state index in [1.165, 1.54) is 11.3 Å². The fourth-order valence-electron chi connectivity index (χ4n) is 2.55. The third kappa shape index (κ3) is 8.72. The van der Waals surface area contributed by atoms with E-state index < -0.39 is 25.0 Å². The van der Waals surface area contributed by atoms with Crippen LogP contribution in [0.25, 0.3) is 0 Å². The number of hydrogen-bond acceptors (Lipinski definition) is 6. The summed E-state index contributed by atoms with van der Waals surface area (Å²) >= 11 is 1.28. The largest absolute Gasteiger partial charge is 0.475 e. The molecule has 9 nitrogen and oxygen atoms in total. The molecule has 7 N–H and O–H groups in total. The van der Waals surface area contributed by atoms with Gasteiger partial charge in [-0.3, -0.25) is 14.6 Å². The van der Waals surface area contributed by atoms with Crippen LogP contribution in [0.1, 0.15) is 42.8 Å². The monoisotopic (exact) mass is 411 g/mol. The zero-order valence-electron chi connectivity index (χ0n) is 16.5. The first-order valence-corrected chi connectivity index (χ1v) is 10.1. The normalized spacial score (nSPS) is 13.7. The Kier molecular flexibility index (Phi) is 10.6. The number of nitrogens with two attached hydrogens (primary N) is 1. The van der Waals surface area contributed by atoms with Crippen molar-refractivity contribution in [3.05, 3.63) is 22.4 Å². The molecule has 2 amide bonds. The Morgan fingerprint density at radius 1 is 1.32 bits per heavy atom. The fourth-order valence-corrected chi connectivity index (χ4v) is 3.18. The van der Waals surface area contributed by atoms with E-state index >= 15 is 0 Å². The van der Waals surface area contributed by atoms with Gasteiger partial charge in [-0.25, -0.2) is 0 Å². The number of aliphatic imine (C=N–C) groups is 1. The highest BCUT2D eigenvalue weighted by Crippen LogP contribution is 2.10. The van der Waals surface area contributed by atoms with Gasteiger partial charge >= 0.3 is 7.12 Å². The van der Waals surface area contributed by atoms with Crippen LogP contribution < -0.4 is 21.7 Å². The molecule has 28 heavy (non-hydrogen) atoms. The second-order valence-corrected chi connectivity index (χ2v) is 7.79. The van der Waals surface area contributed by atoms with Crippen LogP contribution in [-0.2, 0) is 4.79 Å². The van der Waals surface area contributed by atoms with Crippen molar-refractivity contribution >= 4 is 36.2 Å². The molecule has 0 radical (unpaired) electrons. The van der Waals surface area contributed by atoms with Gasteiger partial charge in [-0.15, -0.1) is 11.3 Å². The SMILES string of the molecule is CN=C(N)NCCC[C@H](NC(=O)c1cccs1)C(=O)N[C@@H](CC(C)C)B(O)O. The second-order valence-electron chi connectivity index (χ2n) is 6.84. The first-order valence-electron chi connectivity index (χ1n) is 9.21. The van der Waals surface area contributed by atoms with Gasteiger partial charge in [-0.2, -0.15) is 0 Å². The van der Waals surface area contributed by atoms with Crippen molar-refractivity contribution in [2.75, 3.05) is 13.6 Å². The van der Waals surface area contributed by atoms with Crippen molar-refractivity contribution in [2.45, 2.75) is 45.1 Å². The van der Waals surface area contributed by atoms with Crippen LogP contribution in [0.5, 0.6) is 0 Å². The molecule has 0 saturated carbocycles. The minimum atomic E-state index is -1.68. The molecule has 0 aliphatic carbocycles. The average molecular weight is 411 g/mol. The summed E-state index contributed by atoms with van der Waals surface area (Å²) in [5, 5.41) is 29.1. The summed E-state index contributed by atoms with van der Waals surface area (Å²) in [5.41, 5.74) is 5.58. The van der Waals surface area contributed by atoms with Gasteiger partial charge in [0.2, 0.25) is 5.91 Å². The van der Waals surface area contributed by atoms with Crippen LogP contribution in [0.2, 0.25) is 0 Å². The minimum absolute atomic E-state index is 0.159. The second kappa shape index (κ2) is 12.4. The first kappa shape index (κ1) is 23.9. The number of rotatable bonds is 11. The minimum Gasteiger partial charge on any atom is -0.426 e. The van der Waals surface area contributed by atoms with Crippen LogP contribution in [-0.4, -0.2) is 60.5 Å². The lowest BCUT2D eigenvalue weighted by atomic mass is 9.75. The number of guanidine groups is 1. The molecule has 0 aromatic carbocycles. The highest BCUT2D eigenvalue weighted by atomic mass is 32.1. The lowest BCUT2D eigenvalue weighted by Gasteiger charge is -2.24. The van der Waals surface area contributed by atoms with Gasteiger partial charge in [0, 0.05) is 13.6 Å². The summed E-state index contributed by atoms with van der Waals surface area (Å²) in [6.45, 7) is 4.33. The Morgan fingerprint density at radius 2 is 2.04 bits per heavy atom. The molecule has 0 saturated heterocycles. The molecule has 156 valence electrons. The van der Waals surface area contributed by atoms with E-state index in [2.05, 4.69) is 20.9 Å². The van der Waals surface area contributed by atoms with Gasteiger partial charge in [0.15, 0.2) is 5.96 Å². The number of carbonyl (C=O) groups is 2. The van der Waals surface area contributed by atoms with Crippen molar-refractivity contribution in [2.24, 2.45) is 16.6 Å². The predicted octanol–water partition coefficient (Wildman–Crippen LogP) is -0.296. The highest BCUT2D eigenvalue weighted by Gasteiger charge is 2.29.